The standard InChI is InChI=1S/C26H35N5O4S2/c1-4-10-30-23(29-14-12-28(5-2)13-15-29)19(18(3)20(17-27)24(30)34)16-21-25(35)31(26(36)37-21)11-8-6-7-9-22(32)33/h16H,4-15H2,1-3H3,(H,32,33)/b21-16+. The van der Waals surface area contributed by atoms with Crippen LogP contribution in [-0.2, 0) is 16.1 Å². The molecule has 0 saturated carbocycles. The van der Waals surface area contributed by atoms with Gasteiger partial charge in [0.1, 0.15) is 21.8 Å². The molecule has 0 unspecified atom stereocenters. The van der Waals surface area contributed by atoms with Gasteiger partial charge in [0.2, 0.25) is 0 Å². The minimum absolute atomic E-state index is 0.101. The van der Waals surface area contributed by atoms with Crippen LogP contribution >= 0.6 is 24.0 Å². The number of unbranched alkanes of at least 4 members (excludes halogenated alkanes) is 2. The number of rotatable bonds is 11. The Bertz CT molecular complexity index is 1180. The maximum atomic E-state index is 13.3. The van der Waals surface area contributed by atoms with Gasteiger partial charge in [-0.3, -0.25) is 23.9 Å². The molecule has 0 radical (unpaired) electrons. The van der Waals surface area contributed by atoms with Crippen molar-refractivity contribution in [1.82, 2.24) is 14.4 Å². The molecule has 0 spiro atoms. The lowest BCUT2D eigenvalue weighted by Gasteiger charge is -2.37. The maximum absolute atomic E-state index is 13.3. The Morgan fingerprint density at radius 3 is 2.43 bits per heavy atom. The van der Waals surface area contributed by atoms with Gasteiger partial charge in [0, 0.05) is 51.3 Å². The van der Waals surface area contributed by atoms with Crippen molar-refractivity contribution >= 4 is 52.1 Å². The Hall–Kier alpha value is -2.68. The Morgan fingerprint density at radius 1 is 1.14 bits per heavy atom. The third-order valence-electron chi connectivity index (χ3n) is 6.83. The van der Waals surface area contributed by atoms with Crippen molar-refractivity contribution in [3.63, 3.8) is 0 Å². The van der Waals surface area contributed by atoms with Gasteiger partial charge in [0.05, 0.1) is 4.91 Å². The van der Waals surface area contributed by atoms with Crippen molar-refractivity contribution in [3.8, 4) is 6.07 Å². The lowest BCUT2D eigenvalue weighted by Crippen LogP contribution is -2.48. The van der Waals surface area contributed by atoms with E-state index in [4.69, 9.17) is 17.3 Å². The highest BCUT2D eigenvalue weighted by molar-refractivity contribution is 8.26. The number of thioether (sulfide) groups is 1. The van der Waals surface area contributed by atoms with Crippen LogP contribution in [0, 0.1) is 18.3 Å². The van der Waals surface area contributed by atoms with E-state index in [0.29, 0.717) is 47.1 Å². The molecule has 9 nitrogen and oxygen atoms in total. The smallest absolute Gasteiger partial charge is 0.303 e. The SMILES string of the molecule is CCCn1c(N2CCN(CC)CC2)c(/C=C2/SC(=S)N(CCCCCC(=O)O)C2=O)c(C)c(C#N)c1=O. The number of nitrogens with zero attached hydrogens (tertiary/aromatic N) is 5. The number of carbonyl (C=O) groups is 2. The summed E-state index contributed by atoms with van der Waals surface area (Å²) in [5.41, 5.74) is 1.11. The number of aliphatic carboxylic acids is 1. The predicted molar refractivity (Wildman–Crippen MR) is 151 cm³/mol. The van der Waals surface area contributed by atoms with E-state index in [-0.39, 0.29) is 23.5 Å². The third-order valence-corrected chi connectivity index (χ3v) is 8.21. The fraction of sp³-hybridized carbons (Fsp3) is 0.577. The van der Waals surface area contributed by atoms with Crippen LogP contribution in [0.1, 0.15) is 62.6 Å². The zero-order valence-electron chi connectivity index (χ0n) is 21.8. The lowest BCUT2D eigenvalue weighted by atomic mass is 10.0. The van der Waals surface area contributed by atoms with E-state index in [9.17, 15) is 19.6 Å². The number of carboxylic acids is 1. The Morgan fingerprint density at radius 2 is 1.84 bits per heavy atom. The molecule has 0 bridgehead atoms. The van der Waals surface area contributed by atoms with Crippen LogP contribution in [-0.4, -0.2) is 74.9 Å². The number of hydrogen-bond donors (Lipinski definition) is 1. The highest BCUT2D eigenvalue weighted by Crippen LogP contribution is 2.36. The van der Waals surface area contributed by atoms with Gasteiger partial charge < -0.3 is 14.9 Å². The zero-order valence-corrected chi connectivity index (χ0v) is 23.4. The van der Waals surface area contributed by atoms with Gasteiger partial charge in [-0.25, -0.2) is 0 Å². The van der Waals surface area contributed by atoms with Crippen LogP contribution in [0.5, 0.6) is 0 Å². The number of nitriles is 1. The average Bonchev–Trinajstić information content (AvgIpc) is 3.14. The summed E-state index contributed by atoms with van der Waals surface area (Å²) in [4.78, 5) is 43.9. The molecule has 1 aromatic heterocycles. The molecule has 200 valence electrons. The van der Waals surface area contributed by atoms with Crippen molar-refractivity contribution in [1.29, 1.82) is 5.26 Å². The number of thiocarbonyl (C=S) groups is 1. The van der Waals surface area contributed by atoms with Crippen molar-refractivity contribution in [2.75, 3.05) is 44.2 Å². The molecule has 1 amide bonds. The topological polar surface area (TPSA) is 110 Å². The largest absolute Gasteiger partial charge is 0.481 e. The van der Waals surface area contributed by atoms with Gasteiger partial charge in [0.25, 0.3) is 11.5 Å². The second-order valence-corrected chi connectivity index (χ2v) is 10.9. The zero-order chi connectivity index (χ0) is 27.1. The molecule has 3 rings (SSSR count). The van der Waals surface area contributed by atoms with Crippen LogP contribution in [0.2, 0.25) is 0 Å². The van der Waals surface area contributed by atoms with Crippen molar-refractivity contribution in [3.05, 3.63) is 31.9 Å². The number of carboxylic acid groups (broad SMARTS) is 1. The first-order valence-electron chi connectivity index (χ1n) is 12.8. The Labute approximate surface area is 227 Å². The third kappa shape index (κ3) is 6.61. The first-order valence-corrected chi connectivity index (χ1v) is 14.1. The van der Waals surface area contributed by atoms with Crippen molar-refractivity contribution in [2.45, 2.75) is 59.4 Å². The minimum Gasteiger partial charge on any atom is -0.481 e. The van der Waals surface area contributed by atoms with Crippen molar-refractivity contribution < 1.29 is 14.7 Å². The summed E-state index contributed by atoms with van der Waals surface area (Å²) in [6, 6.07) is 2.09. The van der Waals surface area contributed by atoms with E-state index in [2.05, 4.69) is 22.8 Å². The fourth-order valence-corrected chi connectivity index (χ4v) is 6.03. The Balaban J connectivity index is 1.98. The normalized spacial score (nSPS) is 17.6. The molecular formula is C26H35N5O4S2. The summed E-state index contributed by atoms with van der Waals surface area (Å²) in [5.74, 6) is -0.254. The number of aromatic nitrogens is 1. The molecule has 2 fully saturated rings. The number of piperazine rings is 1. The molecule has 0 aliphatic carbocycles. The highest BCUT2D eigenvalue weighted by atomic mass is 32.2. The average molecular weight is 546 g/mol. The monoisotopic (exact) mass is 545 g/mol. The van der Waals surface area contributed by atoms with Crippen LogP contribution < -0.4 is 10.5 Å². The van der Waals surface area contributed by atoms with Gasteiger partial charge in [0.15, 0.2) is 0 Å². The summed E-state index contributed by atoms with van der Waals surface area (Å²) in [5, 5.41) is 18.6. The van der Waals surface area contributed by atoms with Gasteiger partial charge in [-0.05, 0) is 44.4 Å². The fourth-order valence-electron chi connectivity index (χ4n) is 4.74. The number of carbonyl (C=O) groups excluding carboxylic acids is 1. The van der Waals surface area contributed by atoms with E-state index < -0.39 is 5.97 Å². The Kier molecular flexibility index (Phi) is 10.3. The number of amides is 1. The molecular weight excluding hydrogens is 510 g/mol. The number of anilines is 1. The van der Waals surface area contributed by atoms with Crippen LogP contribution in [0.3, 0.4) is 0 Å². The van der Waals surface area contributed by atoms with Gasteiger partial charge in [-0.2, -0.15) is 5.26 Å². The number of likely N-dealkylation sites (N-methyl/N-ethyl adjacent to an activating group) is 1. The molecule has 2 aliphatic heterocycles. The first kappa shape index (κ1) is 28.9. The maximum Gasteiger partial charge on any atom is 0.303 e. The van der Waals surface area contributed by atoms with E-state index in [1.165, 1.54) is 11.8 Å². The van der Waals surface area contributed by atoms with Gasteiger partial charge >= 0.3 is 5.97 Å². The molecule has 3 heterocycles. The lowest BCUT2D eigenvalue weighted by molar-refractivity contribution is -0.137. The summed E-state index contributed by atoms with van der Waals surface area (Å²) in [6.07, 6.45) is 4.57. The second kappa shape index (κ2) is 13.2. The molecule has 2 saturated heterocycles. The second-order valence-electron chi connectivity index (χ2n) is 9.26. The quantitative estimate of drug-likeness (QED) is 0.254. The summed E-state index contributed by atoms with van der Waals surface area (Å²) in [7, 11) is 0. The van der Waals surface area contributed by atoms with Crippen LogP contribution in [0.4, 0.5) is 5.82 Å². The van der Waals surface area contributed by atoms with Gasteiger partial charge in [-0.1, -0.05) is 44.2 Å². The van der Waals surface area contributed by atoms with Crippen LogP contribution in [0.15, 0.2) is 9.70 Å². The van der Waals surface area contributed by atoms with Crippen molar-refractivity contribution in [2.24, 2.45) is 0 Å². The molecule has 37 heavy (non-hydrogen) atoms. The number of pyridine rings is 1. The molecule has 0 atom stereocenters. The van der Waals surface area contributed by atoms with E-state index in [1.54, 1.807) is 22.5 Å². The highest BCUT2D eigenvalue weighted by Gasteiger charge is 2.33. The van der Waals surface area contributed by atoms with Gasteiger partial charge in [-0.15, -0.1) is 0 Å². The number of hydrogen-bond acceptors (Lipinski definition) is 8. The molecule has 0 aromatic carbocycles. The summed E-state index contributed by atoms with van der Waals surface area (Å²) < 4.78 is 2.16. The first-order chi connectivity index (χ1) is 17.7. The molecule has 2 aliphatic rings. The van der Waals surface area contributed by atoms with Crippen LogP contribution in [0.25, 0.3) is 6.08 Å². The molecule has 1 aromatic rings. The molecule has 1 N–H and O–H groups in total. The van der Waals surface area contributed by atoms with E-state index in [1.807, 2.05) is 6.92 Å². The molecule has 11 heteroatoms. The summed E-state index contributed by atoms with van der Waals surface area (Å²) in [6.45, 7) is 11.0. The summed E-state index contributed by atoms with van der Waals surface area (Å²) >= 11 is 6.72. The predicted octanol–water partition coefficient (Wildman–Crippen LogP) is 3.43. The minimum atomic E-state index is -0.822. The van der Waals surface area contributed by atoms with E-state index >= 15 is 0 Å². The van der Waals surface area contributed by atoms with E-state index in [0.717, 1.165) is 50.5 Å².